The Kier molecular flexibility index (Phi) is 3.63. The number of rotatable bonds is 3. The highest BCUT2D eigenvalue weighted by Crippen LogP contribution is 2.49. The molecule has 130 valence electrons. The number of carbonyl (C=O) groups excluding carboxylic acids is 1. The Morgan fingerprint density at radius 2 is 2.20 bits per heavy atom. The molecule has 4 rings (SSSR count). The van der Waals surface area contributed by atoms with Gasteiger partial charge in [0.1, 0.15) is 0 Å². The second-order valence-corrected chi connectivity index (χ2v) is 7.19. The van der Waals surface area contributed by atoms with Crippen molar-refractivity contribution in [1.29, 1.82) is 0 Å². The Morgan fingerprint density at radius 3 is 2.84 bits per heavy atom. The van der Waals surface area contributed by atoms with Crippen molar-refractivity contribution in [1.82, 2.24) is 14.7 Å². The number of aryl methyl sites for hydroxylation is 1. The second-order valence-electron chi connectivity index (χ2n) is 7.19. The first-order valence-electron chi connectivity index (χ1n) is 8.64. The average molecular weight is 339 g/mol. The van der Waals surface area contributed by atoms with Gasteiger partial charge in [-0.3, -0.25) is 9.59 Å². The minimum atomic E-state index is -0.754. The smallest absolute Gasteiger partial charge is 0.311 e. The van der Waals surface area contributed by atoms with Crippen LogP contribution in [-0.4, -0.2) is 44.8 Å². The van der Waals surface area contributed by atoms with Crippen LogP contribution in [0.3, 0.4) is 0 Å². The van der Waals surface area contributed by atoms with Crippen LogP contribution in [0.25, 0.3) is 5.69 Å². The van der Waals surface area contributed by atoms with Gasteiger partial charge in [0.05, 0.1) is 11.1 Å². The third kappa shape index (κ3) is 2.44. The molecule has 2 fully saturated rings. The molecule has 1 aliphatic heterocycles. The minimum Gasteiger partial charge on any atom is -0.481 e. The van der Waals surface area contributed by atoms with Crippen molar-refractivity contribution in [3.63, 3.8) is 0 Å². The molecular weight excluding hydrogens is 318 g/mol. The Hall–Kier alpha value is -2.63. The first kappa shape index (κ1) is 15.9. The molecule has 1 aromatic carbocycles. The predicted molar refractivity (Wildman–Crippen MR) is 91.6 cm³/mol. The van der Waals surface area contributed by atoms with Crippen LogP contribution in [-0.2, 0) is 4.79 Å². The van der Waals surface area contributed by atoms with Crippen molar-refractivity contribution in [2.45, 2.75) is 26.2 Å². The number of carboxylic acids is 1. The van der Waals surface area contributed by atoms with Gasteiger partial charge in [-0.25, -0.2) is 4.68 Å². The molecule has 1 N–H and O–H groups in total. The van der Waals surface area contributed by atoms with E-state index < -0.39 is 11.4 Å². The van der Waals surface area contributed by atoms with E-state index in [0.29, 0.717) is 25.1 Å². The Morgan fingerprint density at radius 1 is 1.36 bits per heavy atom. The Balaban J connectivity index is 1.58. The molecule has 25 heavy (non-hydrogen) atoms. The summed E-state index contributed by atoms with van der Waals surface area (Å²) in [5.74, 6) is -0.751. The summed E-state index contributed by atoms with van der Waals surface area (Å²) in [6.07, 6.45) is 6.09. The summed E-state index contributed by atoms with van der Waals surface area (Å²) in [7, 11) is 0. The number of likely N-dealkylation sites (tertiary alicyclic amines) is 1. The number of benzene rings is 1. The molecule has 1 aliphatic carbocycles. The molecule has 0 spiro atoms. The van der Waals surface area contributed by atoms with E-state index in [4.69, 9.17) is 0 Å². The second kappa shape index (κ2) is 5.72. The van der Waals surface area contributed by atoms with Crippen LogP contribution in [0.2, 0.25) is 0 Å². The molecule has 0 unspecified atom stereocenters. The van der Waals surface area contributed by atoms with E-state index in [9.17, 15) is 14.7 Å². The van der Waals surface area contributed by atoms with Gasteiger partial charge in [0.2, 0.25) is 0 Å². The minimum absolute atomic E-state index is 0.0786. The van der Waals surface area contributed by atoms with Crippen molar-refractivity contribution >= 4 is 11.9 Å². The number of aromatic nitrogens is 2. The Labute approximate surface area is 146 Å². The van der Waals surface area contributed by atoms with Gasteiger partial charge in [-0.1, -0.05) is 6.42 Å². The van der Waals surface area contributed by atoms with Crippen molar-refractivity contribution in [2.75, 3.05) is 13.1 Å². The van der Waals surface area contributed by atoms with Gasteiger partial charge in [0.25, 0.3) is 5.91 Å². The third-order valence-corrected chi connectivity index (χ3v) is 5.78. The van der Waals surface area contributed by atoms with Gasteiger partial charge in [-0.05, 0) is 55.5 Å². The highest BCUT2D eigenvalue weighted by molar-refractivity contribution is 5.95. The number of nitrogens with zero attached hydrogens (tertiary/aromatic N) is 3. The van der Waals surface area contributed by atoms with E-state index in [-0.39, 0.29) is 11.8 Å². The number of hydrogen-bond acceptors (Lipinski definition) is 3. The Bertz CT molecular complexity index is 830. The van der Waals surface area contributed by atoms with Crippen LogP contribution in [0.4, 0.5) is 0 Å². The summed E-state index contributed by atoms with van der Waals surface area (Å²) >= 11 is 0. The highest BCUT2D eigenvalue weighted by atomic mass is 16.4. The monoisotopic (exact) mass is 339 g/mol. The third-order valence-electron chi connectivity index (χ3n) is 5.78. The summed E-state index contributed by atoms with van der Waals surface area (Å²) in [5.41, 5.74) is 1.76. The SMILES string of the molecule is Cc1cc(C(=O)N2C[C@@H]3CCC[C@@]3(C(=O)O)C2)ccc1-n1cccn1. The van der Waals surface area contributed by atoms with E-state index >= 15 is 0 Å². The summed E-state index contributed by atoms with van der Waals surface area (Å²) in [6, 6.07) is 7.40. The van der Waals surface area contributed by atoms with Crippen molar-refractivity contribution in [3.8, 4) is 5.69 Å². The van der Waals surface area contributed by atoms with Gasteiger partial charge in [0.15, 0.2) is 0 Å². The maximum absolute atomic E-state index is 12.9. The zero-order valence-corrected chi connectivity index (χ0v) is 14.2. The van der Waals surface area contributed by atoms with Gasteiger partial charge in [-0.15, -0.1) is 0 Å². The standard InChI is InChI=1S/C19H21N3O3/c1-13-10-14(5-6-16(13)22-9-3-8-20-22)17(23)21-11-15-4-2-7-19(15,12-21)18(24)25/h3,5-6,8-10,15H,2,4,7,11-12H2,1H3,(H,24,25)/t15-,19+/m0/s1. The molecular formula is C19H21N3O3. The number of aliphatic carboxylic acids is 1. The van der Waals surface area contributed by atoms with Crippen LogP contribution in [0.1, 0.15) is 35.2 Å². The van der Waals surface area contributed by atoms with Gasteiger partial charge < -0.3 is 10.0 Å². The van der Waals surface area contributed by atoms with E-state index in [2.05, 4.69) is 5.10 Å². The summed E-state index contributed by atoms with van der Waals surface area (Å²) in [5, 5.41) is 13.9. The fourth-order valence-electron chi connectivity index (χ4n) is 4.43. The molecule has 2 heterocycles. The van der Waals surface area contributed by atoms with Crippen LogP contribution in [0, 0.1) is 18.3 Å². The quantitative estimate of drug-likeness (QED) is 0.932. The van der Waals surface area contributed by atoms with Crippen molar-refractivity contribution < 1.29 is 14.7 Å². The van der Waals surface area contributed by atoms with E-state index in [1.54, 1.807) is 21.8 Å². The summed E-state index contributed by atoms with van der Waals surface area (Å²) < 4.78 is 1.77. The van der Waals surface area contributed by atoms with Gasteiger partial charge >= 0.3 is 5.97 Å². The van der Waals surface area contributed by atoms with Crippen molar-refractivity contribution in [2.24, 2.45) is 11.3 Å². The number of amides is 1. The lowest BCUT2D eigenvalue weighted by Crippen LogP contribution is -2.37. The fourth-order valence-corrected chi connectivity index (χ4v) is 4.43. The van der Waals surface area contributed by atoms with Crippen LogP contribution in [0.15, 0.2) is 36.7 Å². The van der Waals surface area contributed by atoms with E-state index in [1.165, 1.54) is 0 Å². The number of hydrogen-bond donors (Lipinski definition) is 1. The van der Waals surface area contributed by atoms with Crippen LogP contribution < -0.4 is 0 Å². The lowest BCUT2D eigenvalue weighted by molar-refractivity contribution is -0.149. The number of carboxylic acid groups (broad SMARTS) is 1. The lowest BCUT2D eigenvalue weighted by Gasteiger charge is -2.23. The molecule has 0 radical (unpaired) electrons. The zero-order valence-electron chi connectivity index (χ0n) is 14.2. The van der Waals surface area contributed by atoms with Gasteiger partial charge in [0, 0.05) is 31.0 Å². The molecule has 6 heteroatoms. The molecule has 1 amide bonds. The molecule has 1 aromatic heterocycles. The number of fused-ring (bicyclic) bond motifs is 1. The van der Waals surface area contributed by atoms with Crippen molar-refractivity contribution in [3.05, 3.63) is 47.8 Å². The fraction of sp³-hybridized carbons (Fsp3) is 0.421. The maximum Gasteiger partial charge on any atom is 0.311 e. The largest absolute Gasteiger partial charge is 0.481 e. The highest BCUT2D eigenvalue weighted by Gasteiger charge is 2.55. The van der Waals surface area contributed by atoms with Crippen LogP contribution in [0.5, 0.6) is 0 Å². The molecule has 6 nitrogen and oxygen atoms in total. The predicted octanol–water partition coefficient (Wildman–Crippen LogP) is 2.51. The summed E-state index contributed by atoms with van der Waals surface area (Å²) in [6.45, 7) is 2.82. The number of carbonyl (C=O) groups is 2. The molecule has 1 saturated carbocycles. The first-order valence-corrected chi connectivity index (χ1v) is 8.64. The normalized spacial score (nSPS) is 25.2. The van der Waals surface area contributed by atoms with E-state index in [0.717, 1.165) is 24.1 Å². The average Bonchev–Trinajstić information content (AvgIpc) is 3.29. The first-order chi connectivity index (χ1) is 12.0. The van der Waals surface area contributed by atoms with Crippen LogP contribution >= 0.6 is 0 Å². The topological polar surface area (TPSA) is 75.4 Å². The molecule has 0 bridgehead atoms. The van der Waals surface area contributed by atoms with Gasteiger partial charge in [-0.2, -0.15) is 5.10 Å². The molecule has 2 atom stereocenters. The molecule has 2 aromatic rings. The zero-order chi connectivity index (χ0) is 17.6. The summed E-state index contributed by atoms with van der Waals surface area (Å²) in [4.78, 5) is 26.4. The lowest BCUT2D eigenvalue weighted by atomic mass is 9.81. The van der Waals surface area contributed by atoms with E-state index in [1.807, 2.05) is 31.3 Å². The molecule has 1 saturated heterocycles. The molecule has 2 aliphatic rings. The maximum atomic E-state index is 12.9.